The molecule has 0 saturated heterocycles. The van der Waals surface area contributed by atoms with E-state index in [4.69, 9.17) is 9.47 Å². The number of nitrogens with one attached hydrogen (secondary N) is 3. The van der Waals surface area contributed by atoms with Gasteiger partial charge in [-0.1, -0.05) is 12.1 Å². The van der Waals surface area contributed by atoms with Gasteiger partial charge in [0.15, 0.2) is 0 Å². The third kappa shape index (κ3) is 6.99. The van der Waals surface area contributed by atoms with Crippen molar-refractivity contribution in [1.82, 2.24) is 5.32 Å². The SMILES string of the molecule is COCCCNC(=O)c1cccc(NCC(=O)Nc2cccc(OC)c2)c1. The summed E-state index contributed by atoms with van der Waals surface area (Å²) in [6, 6.07) is 14.2. The second-order valence-corrected chi connectivity index (χ2v) is 5.82. The van der Waals surface area contributed by atoms with E-state index >= 15 is 0 Å². The summed E-state index contributed by atoms with van der Waals surface area (Å²) < 4.78 is 10.1. The van der Waals surface area contributed by atoms with E-state index in [0.717, 1.165) is 6.42 Å². The molecule has 7 heteroatoms. The topological polar surface area (TPSA) is 88.7 Å². The van der Waals surface area contributed by atoms with E-state index in [0.29, 0.717) is 35.8 Å². The lowest BCUT2D eigenvalue weighted by Crippen LogP contribution is -2.25. The Morgan fingerprint density at radius 3 is 2.56 bits per heavy atom. The Bertz CT molecular complexity index is 764. The van der Waals surface area contributed by atoms with Crippen molar-refractivity contribution in [3.05, 3.63) is 54.1 Å². The van der Waals surface area contributed by atoms with Crippen LogP contribution in [0.4, 0.5) is 11.4 Å². The van der Waals surface area contributed by atoms with Gasteiger partial charge in [-0.2, -0.15) is 0 Å². The molecule has 2 amide bonds. The zero-order valence-electron chi connectivity index (χ0n) is 15.6. The van der Waals surface area contributed by atoms with Crippen LogP contribution >= 0.6 is 0 Å². The number of amides is 2. The van der Waals surface area contributed by atoms with Gasteiger partial charge in [0.2, 0.25) is 5.91 Å². The second-order valence-electron chi connectivity index (χ2n) is 5.82. The highest BCUT2D eigenvalue weighted by Gasteiger charge is 2.07. The van der Waals surface area contributed by atoms with Crippen molar-refractivity contribution in [3.63, 3.8) is 0 Å². The van der Waals surface area contributed by atoms with E-state index in [1.165, 1.54) is 0 Å². The third-order valence-electron chi connectivity index (χ3n) is 3.74. The summed E-state index contributed by atoms with van der Waals surface area (Å²) in [6.45, 7) is 1.23. The van der Waals surface area contributed by atoms with Gasteiger partial charge in [0, 0.05) is 43.3 Å². The molecule has 0 unspecified atom stereocenters. The van der Waals surface area contributed by atoms with Gasteiger partial charge in [0.25, 0.3) is 5.91 Å². The lowest BCUT2D eigenvalue weighted by Gasteiger charge is -2.10. The Labute approximate surface area is 159 Å². The highest BCUT2D eigenvalue weighted by molar-refractivity contribution is 5.96. The molecule has 2 rings (SSSR count). The number of hydrogen-bond donors (Lipinski definition) is 3. The molecule has 7 nitrogen and oxygen atoms in total. The summed E-state index contributed by atoms with van der Waals surface area (Å²) in [7, 11) is 3.20. The molecule has 0 aliphatic heterocycles. The smallest absolute Gasteiger partial charge is 0.251 e. The minimum Gasteiger partial charge on any atom is -0.497 e. The number of carbonyl (C=O) groups excluding carboxylic acids is 2. The van der Waals surface area contributed by atoms with E-state index in [1.807, 2.05) is 0 Å². The normalized spacial score (nSPS) is 10.1. The maximum Gasteiger partial charge on any atom is 0.251 e. The minimum absolute atomic E-state index is 0.0795. The van der Waals surface area contributed by atoms with Gasteiger partial charge < -0.3 is 25.4 Å². The highest BCUT2D eigenvalue weighted by atomic mass is 16.5. The van der Waals surface area contributed by atoms with E-state index in [-0.39, 0.29) is 18.4 Å². The van der Waals surface area contributed by atoms with Gasteiger partial charge in [-0.25, -0.2) is 0 Å². The molecule has 0 aromatic heterocycles. The van der Waals surface area contributed by atoms with Crippen LogP contribution in [0.1, 0.15) is 16.8 Å². The first-order valence-electron chi connectivity index (χ1n) is 8.67. The van der Waals surface area contributed by atoms with Crippen molar-refractivity contribution in [2.45, 2.75) is 6.42 Å². The number of hydrogen-bond acceptors (Lipinski definition) is 5. The summed E-state index contributed by atoms with van der Waals surface area (Å²) in [6.07, 6.45) is 0.755. The van der Waals surface area contributed by atoms with Crippen molar-refractivity contribution in [2.75, 3.05) is 44.5 Å². The predicted molar refractivity (Wildman–Crippen MR) is 105 cm³/mol. The van der Waals surface area contributed by atoms with Crippen molar-refractivity contribution >= 4 is 23.2 Å². The molecule has 0 aliphatic carbocycles. The third-order valence-corrected chi connectivity index (χ3v) is 3.74. The second kappa shape index (κ2) is 10.8. The molecule has 27 heavy (non-hydrogen) atoms. The van der Waals surface area contributed by atoms with Crippen LogP contribution in [0.3, 0.4) is 0 Å². The predicted octanol–water partition coefficient (Wildman–Crippen LogP) is 2.51. The monoisotopic (exact) mass is 371 g/mol. The number of rotatable bonds is 10. The van der Waals surface area contributed by atoms with E-state index in [2.05, 4.69) is 16.0 Å². The Kier molecular flexibility index (Phi) is 8.12. The Balaban J connectivity index is 1.84. The lowest BCUT2D eigenvalue weighted by molar-refractivity contribution is -0.114. The van der Waals surface area contributed by atoms with Crippen LogP contribution in [0.5, 0.6) is 5.75 Å². The fraction of sp³-hybridized carbons (Fsp3) is 0.300. The molecule has 3 N–H and O–H groups in total. The van der Waals surface area contributed by atoms with Crippen LogP contribution in [0, 0.1) is 0 Å². The summed E-state index contributed by atoms with van der Waals surface area (Å²) in [5.74, 6) is 0.318. The van der Waals surface area contributed by atoms with E-state index in [1.54, 1.807) is 62.8 Å². The van der Waals surface area contributed by atoms with Crippen LogP contribution in [0.25, 0.3) is 0 Å². The van der Waals surface area contributed by atoms with Crippen molar-refractivity contribution in [3.8, 4) is 5.75 Å². The zero-order chi connectivity index (χ0) is 19.5. The Morgan fingerprint density at radius 2 is 1.78 bits per heavy atom. The first-order valence-corrected chi connectivity index (χ1v) is 8.67. The minimum atomic E-state index is -0.197. The number of anilines is 2. The van der Waals surface area contributed by atoms with Gasteiger partial charge in [-0.3, -0.25) is 9.59 Å². The number of carbonyl (C=O) groups is 2. The largest absolute Gasteiger partial charge is 0.497 e. The molecule has 0 radical (unpaired) electrons. The highest BCUT2D eigenvalue weighted by Crippen LogP contribution is 2.16. The average Bonchev–Trinajstić information content (AvgIpc) is 2.70. The maximum absolute atomic E-state index is 12.1. The molecule has 0 atom stereocenters. The first kappa shape index (κ1) is 20.3. The fourth-order valence-electron chi connectivity index (χ4n) is 2.38. The van der Waals surface area contributed by atoms with Gasteiger partial charge in [-0.05, 0) is 36.8 Å². The molecule has 0 saturated carbocycles. The van der Waals surface area contributed by atoms with E-state index in [9.17, 15) is 9.59 Å². The number of ether oxygens (including phenoxy) is 2. The maximum atomic E-state index is 12.1. The van der Waals surface area contributed by atoms with Crippen molar-refractivity contribution in [2.24, 2.45) is 0 Å². The van der Waals surface area contributed by atoms with Crippen molar-refractivity contribution < 1.29 is 19.1 Å². The van der Waals surface area contributed by atoms with Crippen LogP contribution in [0.15, 0.2) is 48.5 Å². The quantitative estimate of drug-likeness (QED) is 0.559. The van der Waals surface area contributed by atoms with Crippen LogP contribution in [0.2, 0.25) is 0 Å². The molecule has 0 fully saturated rings. The summed E-state index contributed by atoms with van der Waals surface area (Å²) in [5.41, 5.74) is 1.89. The summed E-state index contributed by atoms with van der Waals surface area (Å²) >= 11 is 0. The van der Waals surface area contributed by atoms with Gasteiger partial charge in [0.1, 0.15) is 5.75 Å². The number of benzene rings is 2. The standard InChI is InChI=1S/C20H25N3O4/c1-26-11-5-10-21-20(25)15-6-3-7-16(12-15)22-14-19(24)23-17-8-4-9-18(13-17)27-2/h3-4,6-9,12-13,22H,5,10-11,14H2,1-2H3,(H,21,25)(H,23,24). The molecule has 0 aliphatic rings. The Hall–Kier alpha value is -3.06. The molecule has 0 spiro atoms. The van der Waals surface area contributed by atoms with E-state index < -0.39 is 0 Å². The molecule has 144 valence electrons. The summed E-state index contributed by atoms with van der Waals surface area (Å²) in [4.78, 5) is 24.2. The van der Waals surface area contributed by atoms with Crippen LogP contribution in [-0.4, -0.2) is 45.7 Å². The molecule has 2 aromatic carbocycles. The van der Waals surface area contributed by atoms with Crippen molar-refractivity contribution in [1.29, 1.82) is 0 Å². The molecule has 2 aromatic rings. The van der Waals surface area contributed by atoms with Gasteiger partial charge in [-0.15, -0.1) is 0 Å². The van der Waals surface area contributed by atoms with Crippen LogP contribution < -0.4 is 20.7 Å². The van der Waals surface area contributed by atoms with Crippen LogP contribution in [-0.2, 0) is 9.53 Å². The van der Waals surface area contributed by atoms with Gasteiger partial charge in [0.05, 0.1) is 13.7 Å². The molecule has 0 bridgehead atoms. The molecular formula is C20H25N3O4. The Morgan fingerprint density at radius 1 is 1.00 bits per heavy atom. The fourth-order valence-corrected chi connectivity index (χ4v) is 2.38. The van der Waals surface area contributed by atoms with Gasteiger partial charge >= 0.3 is 0 Å². The lowest BCUT2D eigenvalue weighted by atomic mass is 10.2. The molecular weight excluding hydrogens is 346 g/mol. The number of methoxy groups -OCH3 is 2. The molecule has 0 heterocycles. The zero-order valence-corrected chi connectivity index (χ0v) is 15.6. The average molecular weight is 371 g/mol. The first-order chi connectivity index (χ1) is 13.1. The summed E-state index contributed by atoms with van der Waals surface area (Å²) in [5, 5.41) is 8.64.